The van der Waals surface area contributed by atoms with E-state index in [0.29, 0.717) is 0 Å². The monoisotopic (exact) mass is 625 g/mol. The normalized spacial score (nSPS) is 14.3. The van der Waals surface area contributed by atoms with Gasteiger partial charge in [0.15, 0.2) is 0 Å². The van der Waals surface area contributed by atoms with Crippen LogP contribution in [0.1, 0.15) is 70.6 Å². The molecule has 2 radical (unpaired) electrons. The van der Waals surface area contributed by atoms with E-state index < -0.39 is 17.0 Å². The smallest absolute Gasteiger partial charge is 0.121 e. The van der Waals surface area contributed by atoms with Gasteiger partial charge in [0, 0.05) is 5.92 Å². The van der Waals surface area contributed by atoms with Crippen LogP contribution in [0.2, 0.25) is 0 Å². The first-order valence-corrected chi connectivity index (χ1v) is 19.6. The molecule has 212 valence electrons. The molecule has 6 heteroatoms. The second kappa shape index (κ2) is 22.9. The molecule has 0 saturated heterocycles. The van der Waals surface area contributed by atoms with Crippen molar-refractivity contribution in [1.82, 2.24) is 0 Å². The molecule has 0 atom stereocenters. The number of hydrogen-bond donors (Lipinski definition) is 0. The van der Waals surface area contributed by atoms with E-state index in [1.807, 2.05) is 0 Å². The van der Waals surface area contributed by atoms with Crippen molar-refractivity contribution in [3.8, 4) is 0 Å². The van der Waals surface area contributed by atoms with E-state index in [1.165, 1.54) is 66.1 Å². The number of carbonyl (C=O) groups excluding carboxylic acids is 1. The van der Waals surface area contributed by atoms with Crippen molar-refractivity contribution in [3.63, 3.8) is 0 Å². The van der Waals surface area contributed by atoms with Crippen LogP contribution < -0.4 is 10.4 Å². The van der Waals surface area contributed by atoms with Crippen LogP contribution in [0, 0.1) is 5.92 Å². The predicted molar refractivity (Wildman–Crippen MR) is 173 cm³/mol. The van der Waals surface area contributed by atoms with Crippen LogP contribution in [-0.2, 0) is 21.8 Å². The van der Waals surface area contributed by atoms with Crippen molar-refractivity contribution in [1.29, 1.82) is 0 Å². The quantitative estimate of drug-likeness (QED) is 0.165. The Hall–Kier alpha value is -1.75. The number of hydrogen-bond acceptors (Lipinski definition) is 1. The third kappa shape index (κ3) is 15.9. The molecule has 0 bridgehead atoms. The van der Waals surface area contributed by atoms with Gasteiger partial charge in [0.25, 0.3) is 0 Å². The Morgan fingerprint density at radius 2 is 1.10 bits per heavy atom. The maximum atomic E-state index is 11.1. The van der Waals surface area contributed by atoms with Crippen LogP contribution >= 0.6 is 18.6 Å². The molecule has 0 spiro atoms. The zero-order valence-electron chi connectivity index (χ0n) is 23.3. The minimum atomic E-state index is -0.556. The summed E-state index contributed by atoms with van der Waals surface area (Å²) in [6, 6.07) is 35.8. The standard InChI is InChI=1S/C13H25NO.C12H10Si.C9H7.2ClH.Ti/c14-13(15)12-10-8-6-4-2-1-3-5-7-9-11-12;1-3-7-11(8-4-1)13-12-9-5-2-6-10-12;1-2-5-9-7-3-6-8(9)4-1;;;/h12H,1-11H2,(H2,14,15);1-10H;1-7H;2*1H;/q;;-1;;;+2/p-3. The van der Waals surface area contributed by atoms with Gasteiger partial charge in [0.2, 0.25) is 0 Å². The van der Waals surface area contributed by atoms with E-state index in [0.717, 1.165) is 35.2 Å². The summed E-state index contributed by atoms with van der Waals surface area (Å²) in [4.78, 5) is 11.1. The topological polar surface area (TPSA) is 40.9 Å². The second-order valence-electron chi connectivity index (χ2n) is 9.90. The molecular weight excluding hydrogens is 585 g/mol. The van der Waals surface area contributed by atoms with Gasteiger partial charge in [0.1, 0.15) is 9.52 Å². The largest absolute Gasteiger partial charge is 0.668 e. The van der Waals surface area contributed by atoms with Gasteiger partial charge in [-0.3, -0.25) is 0 Å². The molecule has 1 fully saturated rings. The van der Waals surface area contributed by atoms with Crippen molar-refractivity contribution >= 4 is 55.2 Å². The van der Waals surface area contributed by atoms with E-state index in [4.69, 9.17) is 24.3 Å². The summed E-state index contributed by atoms with van der Waals surface area (Å²) in [5, 5.41) is 5.46. The van der Waals surface area contributed by atoms with E-state index in [-0.39, 0.29) is 11.8 Å². The number of fused-ring (bicyclic) bond motifs is 1. The zero-order valence-corrected chi connectivity index (χ0v) is 27.4. The number of rotatable bonds is 3. The molecule has 40 heavy (non-hydrogen) atoms. The fourth-order valence-corrected chi connectivity index (χ4v) is 5.76. The molecule has 1 N–H and O–H groups in total. The van der Waals surface area contributed by atoms with Gasteiger partial charge in [-0.1, -0.05) is 135 Å². The van der Waals surface area contributed by atoms with Gasteiger partial charge in [-0.05, 0) is 12.8 Å². The van der Waals surface area contributed by atoms with Gasteiger partial charge >= 0.3 is 35.6 Å². The minimum absolute atomic E-state index is 0.0458. The molecule has 1 saturated carbocycles. The van der Waals surface area contributed by atoms with Crippen molar-refractivity contribution in [3.05, 3.63) is 109 Å². The van der Waals surface area contributed by atoms with Crippen LogP contribution in [0.5, 0.6) is 0 Å². The summed E-state index contributed by atoms with van der Waals surface area (Å²) >= 11 is -0.556. The summed E-state index contributed by atoms with van der Waals surface area (Å²) in [5.74, 6) is -0.281. The molecule has 5 rings (SSSR count). The molecular formula is C34H41Cl2NOSiTi-2. The Bertz CT molecular complexity index is 1080. The Morgan fingerprint density at radius 1 is 0.675 bits per heavy atom. The molecule has 4 aromatic carbocycles. The van der Waals surface area contributed by atoms with Gasteiger partial charge in [-0.2, -0.15) is 17.5 Å². The van der Waals surface area contributed by atoms with Gasteiger partial charge in [0.05, 0.1) is 5.91 Å². The summed E-state index contributed by atoms with van der Waals surface area (Å²) < 4.78 is 0. The Morgan fingerprint density at radius 3 is 1.55 bits per heavy atom. The number of nitrogens with one attached hydrogen (secondary N) is 1. The van der Waals surface area contributed by atoms with E-state index in [2.05, 4.69) is 103 Å². The molecule has 0 aromatic heterocycles. The summed E-state index contributed by atoms with van der Waals surface area (Å²) in [6.07, 6.45) is 13.5. The Kier molecular flexibility index (Phi) is 19.7. The van der Waals surface area contributed by atoms with Crippen LogP contribution in [0.3, 0.4) is 0 Å². The summed E-state index contributed by atoms with van der Waals surface area (Å²) in [5.41, 5.74) is 7.23. The fourth-order valence-electron chi connectivity index (χ4n) is 4.70. The molecule has 0 unspecified atom stereocenters. The third-order valence-corrected chi connectivity index (χ3v) is 8.10. The summed E-state index contributed by atoms with van der Waals surface area (Å²) in [7, 11) is 10.6. The molecule has 1 aliphatic rings. The third-order valence-electron chi connectivity index (χ3n) is 6.86. The number of carbonyl (C=O) groups is 1. The molecule has 2 nitrogen and oxygen atoms in total. The van der Waals surface area contributed by atoms with E-state index >= 15 is 0 Å². The number of benzene rings is 3. The Labute approximate surface area is 260 Å². The molecule has 4 aromatic rings. The number of halogens is 2. The van der Waals surface area contributed by atoms with E-state index in [1.54, 1.807) is 0 Å². The van der Waals surface area contributed by atoms with Crippen LogP contribution in [-0.4, -0.2) is 15.4 Å². The van der Waals surface area contributed by atoms with Crippen LogP contribution in [0.4, 0.5) is 0 Å². The molecule has 0 aliphatic heterocycles. The first-order chi connectivity index (χ1) is 19.6. The average molecular weight is 627 g/mol. The molecule has 1 amide bonds. The van der Waals surface area contributed by atoms with Crippen molar-refractivity contribution < 1.29 is 21.8 Å². The first-order valence-electron chi connectivity index (χ1n) is 14.3. The predicted octanol–water partition coefficient (Wildman–Crippen LogP) is 9.76. The maximum absolute atomic E-state index is 11.1. The minimum Gasteiger partial charge on any atom is -0.668 e. The van der Waals surface area contributed by atoms with Gasteiger partial charge in [-0.25, -0.2) is 0 Å². The van der Waals surface area contributed by atoms with E-state index in [9.17, 15) is 4.79 Å². The van der Waals surface area contributed by atoms with Crippen molar-refractivity contribution in [2.45, 2.75) is 70.6 Å². The fraction of sp³-hybridized carbons (Fsp3) is 0.353. The molecule has 0 heterocycles. The first kappa shape index (κ1) is 34.5. The second-order valence-corrected chi connectivity index (χ2v) is 13.9. The summed E-state index contributed by atoms with van der Waals surface area (Å²) in [6.45, 7) is 0. The number of amides is 1. The van der Waals surface area contributed by atoms with Crippen LogP contribution in [0.15, 0.2) is 103 Å². The SMILES string of the molecule is [Cl][Ti][Cl].[NH-]C(=O)C1CCCCCCCCCCC1.c1ccc([Si]c2ccccc2)cc1.c1ccc2[cH-]ccc2c1. The van der Waals surface area contributed by atoms with Gasteiger partial charge in [-0.15, -0.1) is 29.7 Å². The molecule has 1 aliphatic carbocycles. The maximum Gasteiger partial charge on any atom is 0.121 e. The van der Waals surface area contributed by atoms with Crippen molar-refractivity contribution in [2.24, 2.45) is 5.92 Å². The zero-order chi connectivity index (χ0) is 28.7. The van der Waals surface area contributed by atoms with Gasteiger partial charge < -0.3 is 10.5 Å². The van der Waals surface area contributed by atoms with Crippen LogP contribution in [0.25, 0.3) is 16.5 Å². The average Bonchev–Trinajstić information content (AvgIpc) is 3.45. The Balaban J connectivity index is 0.000000204. The van der Waals surface area contributed by atoms with Crippen molar-refractivity contribution in [2.75, 3.05) is 0 Å².